The molecular formula is C26H33N3O4S. The third kappa shape index (κ3) is 5.66. The number of hydrogen-bond acceptors (Lipinski definition) is 5. The molecule has 0 bridgehead atoms. The molecule has 0 atom stereocenters. The zero-order chi connectivity index (χ0) is 23.9. The molecule has 0 unspecified atom stereocenters. The van der Waals surface area contributed by atoms with E-state index in [4.69, 9.17) is 4.74 Å². The van der Waals surface area contributed by atoms with E-state index in [1.54, 1.807) is 4.57 Å². The van der Waals surface area contributed by atoms with Crippen molar-refractivity contribution < 1.29 is 14.3 Å². The molecule has 0 aliphatic carbocycles. The fraction of sp³-hybridized carbons (Fsp3) is 0.500. The van der Waals surface area contributed by atoms with Crippen molar-refractivity contribution in [2.75, 3.05) is 44.8 Å². The molecule has 1 fully saturated rings. The Hall–Kier alpha value is -2.74. The summed E-state index contributed by atoms with van der Waals surface area (Å²) >= 11 is 1.84. The maximum atomic E-state index is 13.4. The maximum absolute atomic E-state index is 13.4. The number of aromatic nitrogens is 1. The molecular weight excluding hydrogens is 450 g/mol. The largest absolute Gasteiger partial charge is 0.496 e. The van der Waals surface area contributed by atoms with Crippen LogP contribution < -0.4 is 10.3 Å². The minimum atomic E-state index is -0.185. The van der Waals surface area contributed by atoms with Gasteiger partial charge in [-0.2, -0.15) is 11.8 Å². The number of amides is 2. The Balaban J connectivity index is 1.43. The van der Waals surface area contributed by atoms with Gasteiger partial charge in [0.05, 0.1) is 7.11 Å². The average molecular weight is 484 g/mol. The van der Waals surface area contributed by atoms with Gasteiger partial charge >= 0.3 is 0 Å². The van der Waals surface area contributed by atoms with E-state index in [-0.39, 0.29) is 17.4 Å². The number of carbonyl (C=O) groups excluding carboxylic acids is 2. The lowest BCUT2D eigenvalue weighted by molar-refractivity contribution is -0.131. The van der Waals surface area contributed by atoms with Gasteiger partial charge in [0.2, 0.25) is 5.91 Å². The highest BCUT2D eigenvalue weighted by Crippen LogP contribution is 2.26. The summed E-state index contributed by atoms with van der Waals surface area (Å²) in [6, 6.07) is 11.7. The zero-order valence-corrected chi connectivity index (χ0v) is 20.6. The molecule has 34 heavy (non-hydrogen) atoms. The smallest absolute Gasteiger partial charge is 0.259 e. The van der Waals surface area contributed by atoms with E-state index in [0.717, 1.165) is 30.8 Å². The molecule has 0 spiro atoms. The van der Waals surface area contributed by atoms with Crippen molar-refractivity contribution in [2.45, 2.75) is 38.6 Å². The molecule has 1 aromatic heterocycles. The minimum absolute atomic E-state index is 0.0819. The van der Waals surface area contributed by atoms with Crippen molar-refractivity contribution in [3.05, 3.63) is 63.6 Å². The summed E-state index contributed by atoms with van der Waals surface area (Å²) in [5.41, 5.74) is 2.27. The van der Waals surface area contributed by atoms with Gasteiger partial charge in [0.25, 0.3) is 11.5 Å². The Bertz CT molecular complexity index is 1060. The first-order valence-corrected chi connectivity index (χ1v) is 13.2. The second-order valence-corrected chi connectivity index (χ2v) is 9.98. The van der Waals surface area contributed by atoms with Gasteiger partial charge < -0.3 is 19.1 Å². The number of benzene rings is 1. The number of unbranched alkanes of at least 4 members (excludes halogenated alkanes) is 1. The molecule has 1 aromatic carbocycles. The highest BCUT2D eigenvalue weighted by atomic mass is 32.2. The SMILES string of the molecule is COc1cc(=O)n2c(c1C(=O)N1CCSCC1)CCN(C(=O)CCCCc1ccccc1)CC2. The predicted octanol–water partition coefficient (Wildman–Crippen LogP) is 2.84. The van der Waals surface area contributed by atoms with E-state index in [0.29, 0.717) is 62.6 Å². The molecule has 2 aliphatic rings. The minimum Gasteiger partial charge on any atom is -0.496 e. The third-order valence-electron chi connectivity index (χ3n) is 6.63. The van der Waals surface area contributed by atoms with Crippen LogP contribution in [-0.4, -0.2) is 71.0 Å². The van der Waals surface area contributed by atoms with E-state index in [1.807, 2.05) is 39.8 Å². The van der Waals surface area contributed by atoms with Gasteiger partial charge in [-0.1, -0.05) is 30.3 Å². The Kier molecular flexibility index (Phi) is 8.32. The molecule has 7 nitrogen and oxygen atoms in total. The molecule has 2 aliphatic heterocycles. The number of aryl methyl sites for hydroxylation is 1. The van der Waals surface area contributed by atoms with Crippen LogP contribution in [-0.2, 0) is 24.2 Å². The molecule has 8 heteroatoms. The van der Waals surface area contributed by atoms with Gasteiger partial charge in [-0.05, 0) is 24.8 Å². The third-order valence-corrected chi connectivity index (χ3v) is 7.57. The van der Waals surface area contributed by atoms with Crippen molar-refractivity contribution in [3.63, 3.8) is 0 Å². The number of fused-ring (bicyclic) bond motifs is 1. The Labute approximate surface area is 205 Å². The van der Waals surface area contributed by atoms with Crippen LogP contribution in [0.5, 0.6) is 5.75 Å². The number of methoxy groups -OCH3 is 1. The van der Waals surface area contributed by atoms with E-state index in [2.05, 4.69) is 12.1 Å². The Morgan fingerprint density at radius 3 is 2.47 bits per heavy atom. The molecule has 0 saturated carbocycles. The summed E-state index contributed by atoms with van der Waals surface area (Å²) in [5.74, 6) is 2.19. The van der Waals surface area contributed by atoms with Crippen LogP contribution in [0, 0.1) is 0 Å². The highest BCUT2D eigenvalue weighted by Gasteiger charge is 2.29. The summed E-state index contributed by atoms with van der Waals surface area (Å²) in [6.45, 7) is 2.76. The van der Waals surface area contributed by atoms with Crippen LogP contribution in [0.4, 0.5) is 0 Å². The molecule has 0 N–H and O–H groups in total. The topological polar surface area (TPSA) is 71.8 Å². The maximum Gasteiger partial charge on any atom is 0.259 e. The van der Waals surface area contributed by atoms with Crippen LogP contribution in [0.1, 0.15) is 40.9 Å². The van der Waals surface area contributed by atoms with Crippen LogP contribution >= 0.6 is 11.8 Å². The van der Waals surface area contributed by atoms with E-state index >= 15 is 0 Å². The summed E-state index contributed by atoms with van der Waals surface area (Å²) in [4.78, 5) is 42.9. The first kappa shape index (κ1) is 24.4. The van der Waals surface area contributed by atoms with Gasteiger partial charge in [-0.25, -0.2) is 0 Å². The van der Waals surface area contributed by atoms with Crippen LogP contribution in [0.2, 0.25) is 0 Å². The summed E-state index contributed by atoms with van der Waals surface area (Å²) in [6.07, 6.45) is 3.73. The van der Waals surface area contributed by atoms with Crippen LogP contribution in [0.3, 0.4) is 0 Å². The van der Waals surface area contributed by atoms with Crippen molar-refractivity contribution in [3.8, 4) is 5.75 Å². The zero-order valence-electron chi connectivity index (χ0n) is 19.8. The number of rotatable bonds is 7. The molecule has 182 valence electrons. The number of hydrogen-bond donors (Lipinski definition) is 0. The Morgan fingerprint density at radius 1 is 0.971 bits per heavy atom. The quantitative estimate of drug-likeness (QED) is 0.567. The number of nitrogens with zero attached hydrogens (tertiary/aromatic N) is 3. The monoisotopic (exact) mass is 483 g/mol. The van der Waals surface area contributed by atoms with E-state index in [9.17, 15) is 14.4 Å². The molecule has 2 aromatic rings. The lowest BCUT2D eigenvalue weighted by Gasteiger charge is -2.28. The van der Waals surface area contributed by atoms with Crippen molar-refractivity contribution in [1.82, 2.24) is 14.4 Å². The van der Waals surface area contributed by atoms with Gasteiger partial charge in [0, 0.05) is 68.8 Å². The average Bonchev–Trinajstić information content (AvgIpc) is 3.11. The van der Waals surface area contributed by atoms with Crippen molar-refractivity contribution in [1.29, 1.82) is 0 Å². The number of thioether (sulfide) groups is 1. The predicted molar refractivity (Wildman–Crippen MR) is 135 cm³/mol. The Morgan fingerprint density at radius 2 is 1.74 bits per heavy atom. The standard InChI is InChI=1S/C26H33N3O4S/c1-33-22-19-24(31)29-14-13-27(23(30)10-6-5-9-20-7-3-2-4-8-20)12-11-21(29)25(22)26(32)28-15-17-34-18-16-28/h2-4,7-8,19H,5-6,9-18H2,1H3. The second kappa shape index (κ2) is 11.6. The second-order valence-electron chi connectivity index (χ2n) is 8.75. The molecule has 0 radical (unpaired) electrons. The van der Waals surface area contributed by atoms with Gasteiger partial charge in [0.1, 0.15) is 11.3 Å². The normalized spacial score (nSPS) is 16.0. The van der Waals surface area contributed by atoms with Gasteiger partial charge in [-0.3, -0.25) is 14.4 Å². The van der Waals surface area contributed by atoms with Crippen LogP contribution in [0.15, 0.2) is 41.2 Å². The first-order chi connectivity index (χ1) is 16.6. The van der Waals surface area contributed by atoms with Gasteiger partial charge in [-0.15, -0.1) is 0 Å². The highest BCUT2D eigenvalue weighted by molar-refractivity contribution is 7.99. The number of ether oxygens (including phenoxy) is 1. The van der Waals surface area contributed by atoms with Crippen molar-refractivity contribution in [2.24, 2.45) is 0 Å². The molecule has 1 saturated heterocycles. The summed E-state index contributed by atoms with van der Waals surface area (Å²) < 4.78 is 7.14. The first-order valence-electron chi connectivity index (χ1n) is 12.1. The molecule has 4 rings (SSSR count). The lowest BCUT2D eigenvalue weighted by atomic mass is 10.1. The number of carbonyl (C=O) groups is 2. The molecule has 2 amide bonds. The van der Waals surface area contributed by atoms with Gasteiger partial charge in [0.15, 0.2) is 0 Å². The fourth-order valence-electron chi connectivity index (χ4n) is 4.72. The molecule has 3 heterocycles. The van der Waals surface area contributed by atoms with E-state index in [1.165, 1.54) is 18.7 Å². The fourth-order valence-corrected chi connectivity index (χ4v) is 5.63. The summed E-state index contributed by atoms with van der Waals surface area (Å²) in [7, 11) is 1.50. The van der Waals surface area contributed by atoms with Crippen molar-refractivity contribution >= 4 is 23.6 Å². The summed E-state index contributed by atoms with van der Waals surface area (Å²) in [5, 5.41) is 0. The lowest BCUT2D eigenvalue weighted by Crippen LogP contribution is -2.39. The number of pyridine rings is 1. The van der Waals surface area contributed by atoms with E-state index < -0.39 is 0 Å². The van der Waals surface area contributed by atoms with Crippen LogP contribution in [0.25, 0.3) is 0 Å².